The Labute approximate surface area is 97.5 Å². The van der Waals surface area contributed by atoms with Gasteiger partial charge in [0.15, 0.2) is 0 Å². The second kappa shape index (κ2) is 4.56. The minimum atomic E-state index is -0.273. The molecule has 1 unspecified atom stereocenters. The third-order valence-corrected chi connectivity index (χ3v) is 3.77. The minimum Gasteiger partial charge on any atom is -0.393 e. The lowest BCUT2D eigenvalue weighted by Gasteiger charge is -2.41. The van der Waals surface area contributed by atoms with Crippen LogP contribution in [0.4, 0.5) is 0 Å². The van der Waals surface area contributed by atoms with Gasteiger partial charge in [-0.3, -0.25) is 0 Å². The maximum Gasteiger partial charge on any atom is 0.0552 e. The van der Waals surface area contributed by atoms with Crippen LogP contribution < -0.4 is 5.73 Å². The molecule has 2 rings (SSSR count). The lowest BCUT2D eigenvalue weighted by atomic mass is 9.64. The molecule has 1 fully saturated rings. The Balaban J connectivity index is 2.21. The Morgan fingerprint density at radius 1 is 1.44 bits per heavy atom. The summed E-state index contributed by atoms with van der Waals surface area (Å²) in [6.45, 7) is 2.57. The Morgan fingerprint density at radius 2 is 2.19 bits per heavy atom. The number of aliphatic hydroxyl groups is 1. The van der Waals surface area contributed by atoms with E-state index in [1.54, 1.807) is 0 Å². The van der Waals surface area contributed by atoms with Crippen LogP contribution in [0.25, 0.3) is 0 Å². The van der Waals surface area contributed by atoms with Crippen LogP contribution in [0, 0.1) is 0 Å². The van der Waals surface area contributed by atoms with E-state index in [2.05, 4.69) is 24.3 Å². The molecule has 0 aliphatic heterocycles. The average molecular weight is 219 g/mol. The number of hydrogen-bond acceptors (Lipinski definition) is 2. The van der Waals surface area contributed by atoms with Crippen LogP contribution in [0.3, 0.4) is 0 Å². The van der Waals surface area contributed by atoms with E-state index in [1.165, 1.54) is 30.4 Å². The monoisotopic (exact) mass is 219 g/mol. The first-order chi connectivity index (χ1) is 7.66. The van der Waals surface area contributed by atoms with Crippen molar-refractivity contribution in [1.82, 2.24) is 0 Å². The topological polar surface area (TPSA) is 46.2 Å². The van der Waals surface area contributed by atoms with Gasteiger partial charge in [-0.1, -0.05) is 30.7 Å². The van der Waals surface area contributed by atoms with Gasteiger partial charge in [0.25, 0.3) is 0 Å². The van der Waals surface area contributed by atoms with E-state index in [9.17, 15) is 5.11 Å². The number of aliphatic hydroxyl groups excluding tert-OH is 1. The lowest BCUT2D eigenvalue weighted by Crippen LogP contribution is -2.41. The molecule has 1 aliphatic rings. The fourth-order valence-electron chi connectivity index (χ4n) is 2.58. The molecule has 1 aromatic carbocycles. The molecule has 0 radical (unpaired) electrons. The van der Waals surface area contributed by atoms with Crippen molar-refractivity contribution in [3.8, 4) is 0 Å². The Kier molecular flexibility index (Phi) is 3.31. The van der Waals surface area contributed by atoms with Crippen molar-refractivity contribution in [2.24, 2.45) is 5.73 Å². The summed E-state index contributed by atoms with van der Waals surface area (Å²) in [6.07, 6.45) is 4.17. The van der Waals surface area contributed by atoms with E-state index in [-0.39, 0.29) is 11.5 Å². The standard InChI is InChI=1S/C14H21NO/c1-11(16)8-12-4-2-5-13(9-12)14(10-15)6-3-7-14/h2,4-5,9,11,16H,3,6-8,10,15H2,1H3. The zero-order chi connectivity index (χ0) is 11.6. The molecule has 0 bridgehead atoms. The van der Waals surface area contributed by atoms with Crippen LogP contribution >= 0.6 is 0 Å². The molecule has 1 atom stereocenters. The summed E-state index contributed by atoms with van der Waals surface area (Å²) in [5, 5.41) is 9.40. The Hall–Kier alpha value is -0.860. The molecule has 2 nitrogen and oxygen atoms in total. The maximum absolute atomic E-state index is 9.40. The quantitative estimate of drug-likeness (QED) is 0.813. The molecule has 1 aromatic rings. The molecule has 0 aromatic heterocycles. The third-order valence-electron chi connectivity index (χ3n) is 3.77. The summed E-state index contributed by atoms with van der Waals surface area (Å²) in [5.74, 6) is 0. The zero-order valence-corrected chi connectivity index (χ0v) is 9.95. The number of hydrogen-bond donors (Lipinski definition) is 2. The van der Waals surface area contributed by atoms with E-state index < -0.39 is 0 Å². The Morgan fingerprint density at radius 3 is 2.69 bits per heavy atom. The first-order valence-electron chi connectivity index (χ1n) is 6.14. The van der Waals surface area contributed by atoms with Crippen LogP contribution in [-0.4, -0.2) is 17.8 Å². The summed E-state index contributed by atoms with van der Waals surface area (Å²) < 4.78 is 0. The highest BCUT2D eigenvalue weighted by Crippen LogP contribution is 2.42. The molecule has 0 saturated heterocycles. The van der Waals surface area contributed by atoms with Gasteiger partial charge in [-0.15, -0.1) is 0 Å². The number of benzene rings is 1. The van der Waals surface area contributed by atoms with Gasteiger partial charge < -0.3 is 10.8 Å². The van der Waals surface area contributed by atoms with Crippen molar-refractivity contribution >= 4 is 0 Å². The predicted molar refractivity (Wildman–Crippen MR) is 66.4 cm³/mol. The highest BCUT2D eigenvalue weighted by molar-refractivity contribution is 5.33. The van der Waals surface area contributed by atoms with Crippen LogP contribution in [0.15, 0.2) is 24.3 Å². The van der Waals surface area contributed by atoms with Crippen LogP contribution in [0.5, 0.6) is 0 Å². The van der Waals surface area contributed by atoms with E-state index in [1.807, 2.05) is 6.92 Å². The van der Waals surface area contributed by atoms with Crippen molar-refractivity contribution in [3.63, 3.8) is 0 Å². The van der Waals surface area contributed by atoms with E-state index in [4.69, 9.17) is 5.73 Å². The summed E-state index contributed by atoms with van der Waals surface area (Å²) in [6, 6.07) is 8.57. The normalized spacial score (nSPS) is 20.2. The second-order valence-corrected chi connectivity index (χ2v) is 5.09. The van der Waals surface area contributed by atoms with E-state index in [0.717, 1.165) is 13.0 Å². The smallest absolute Gasteiger partial charge is 0.0552 e. The fraction of sp³-hybridized carbons (Fsp3) is 0.571. The van der Waals surface area contributed by atoms with Crippen LogP contribution in [-0.2, 0) is 11.8 Å². The van der Waals surface area contributed by atoms with Crippen molar-refractivity contribution in [2.75, 3.05) is 6.54 Å². The highest BCUT2D eigenvalue weighted by atomic mass is 16.3. The molecular weight excluding hydrogens is 198 g/mol. The highest BCUT2D eigenvalue weighted by Gasteiger charge is 2.37. The van der Waals surface area contributed by atoms with Gasteiger partial charge in [-0.2, -0.15) is 0 Å². The predicted octanol–water partition coefficient (Wildman–Crippen LogP) is 1.99. The molecule has 16 heavy (non-hydrogen) atoms. The van der Waals surface area contributed by atoms with Gasteiger partial charge in [0.05, 0.1) is 6.10 Å². The molecule has 1 aliphatic carbocycles. The van der Waals surface area contributed by atoms with Crippen LogP contribution in [0.2, 0.25) is 0 Å². The number of nitrogens with two attached hydrogens (primary N) is 1. The van der Waals surface area contributed by atoms with Gasteiger partial charge in [0.1, 0.15) is 0 Å². The van der Waals surface area contributed by atoms with Crippen molar-refractivity contribution in [1.29, 1.82) is 0 Å². The molecule has 0 amide bonds. The summed E-state index contributed by atoms with van der Waals surface area (Å²) in [4.78, 5) is 0. The van der Waals surface area contributed by atoms with Gasteiger partial charge >= 0.3 is 0 Å². The summed E-state index contributed by atoms with van der Waals surface area (Å²) in [5.41, 5.74) is 8.71. The van der Waals surface area contributed by atoms with Crippen LogP contribution in [0.1, 0.15) is 37.3 Å². The van der Waals surface area contributed by atoms with Gasteiger partial charge in [0, 0.05) is 12.0 Å². The molecule has 2 heteroatoms. The van der Waals surface area contributed by atoms with E-state index >= 15 is 0 Å². The second-order valence-electron chi connectivity index (χ2n) is 5.09. The van der Waals surface area contributed by atoms with Crippen molar-refractivity contribution < 1.29 is 5.11 Å². The maximum atomic E-state index is 9.40. The minimum absolute atomic E-state index is 0.231. The van der Waals surface area contributed by atoms with E-state index in [0.29, 0.717) is 0 Å². The number of rotatable bonds is 4. The summed E-state index contributed by atoms with van der Waals surface area (Å²) >= 11 is 0. The third kappa shape index (κ3) is 2.13. The van der Waals surface area contributed by atoms with Gasteiger partial charge in [-0.05, 0) is 37.3 Å². The molecular formula is C14H21NO. The van der Waals surface area contributed by atoms with Gasteiger partial charge in [-0.25, -0.2) is 0 Å². The first kappa shape index (κ1) is 11.6. The zero-order valence-electron chi connectivity index (χ0n) is 9.95. The lowest BCUT2D eigenvalue weighted by molar-refractivity contribution is 0.195. The fourth-order valence-corrected chi connectivity index (χ4v) is 2.58. The Bertz CT molecular complexity index is 350. The van der Waals surface area contributed by atoms with Crippen molar-refractivity contribution in [3.05, 3.63) is 35.4 Å². The molecule has 0 heterocycles. The first-order valence-corrected chi connectivity index (χ1v) is 6.14. The molecule has 88 valence electrons. The molecule has 1 saturated carbocycles. The molecule has 3 N–H and O–H groups in total. The van der Waals surface area contributed by atoms with Gasteiger partial charge in [0.2, 0.25) is 0 Å². The SMILES string of the molecule is CC(O)Cc1cccc(C2(CN)CCC2)c1. The van der Waals surface area contributed by atoms with Crippen molar-refractivity contribution in [2.45, 2.75) is 44.1 Å². The molecule has 0 spiro atoms. The summed E-state index contributed by atoms with van der Waals surface area (Å²) in [7, 11) is 0. The average Bonchev–Trinajstić information content (AvgIpc) is 2.16. The largest absolute Gasteiger partial charge is 0.393 e.